The number of carbonyl (C=O) groups excluding carboxylic acids is 1. The number of methoxy groups -OCH3 is 1. The number of Topliss-reactive ketones (excluding diaryl/α,β-unsaturated/α-hetero) is 1. The van der Waals surface area contributed by atoms with E-state index in [0.717, 1.165) is 16.3 Å². The number of hydrogen-bond acceptors (Lipinski definition) is 3. The van der Waals surface area contributed by atoms with Gasteiger partial charge in [-0.3, -0.25) is 4.79 Å². The van der Waals surface area contributed by atoms with Crippen LogP contribution >= 0.6 is 11.6 Å². The van der Waals surface area contributed by atoms with Crippen molar-refractivity contribution in [2.45, 2.75) is 12.6 Å². The number of halogens is 4. The number of alkyl halides is 3. The molecule has 8 heteroatoms. The van der Waals surface area contributed by atoms with Crippen LogP contribution in [0.3, 0.4) is 0 Å². The van der Waals surface area contributed by atoms with Crippen molar-refractivity contribution in [3.63, 3.8) is 0 Å². The zero-order chi connectivity index (χ0) is 23.6. The smallest absolute Gasteiger partial charge is 0.435 e. The first-order valence-electron chi connectivity index (χ1n) is 9.95. The lowest BCUT2D eigenvalue weighted by atomic mass is 10.0. The molecule has 1 aromatic heterocycles. The Hall–Kier alpha value is -3.58. The molecule has 0 atom stereocenters. The zero-order valence-corrected chi connectivity index (χ0v) is 18.2. The Bertz CT molecular complexity index is 1300. The molecule has 0 bridgehead atoms. The van der Waals surface area contributed by atoms with Gasteiger partial charge in [0.15, 0.2) is 11.5 Å². The van der Waals surface area contributed by atoms with Crippen LogP contribution in [0.4, 0.5) is 13.2 Å². The van der Waals surface area contributed by atoms with Gasteiger partial charge in [0, 0.05) is 23.1 Å². The van der Waals surface area contributed by atoms with Crippen molar-refractivity contribution in [2.24, 2.45) is 0 Å². The van der Waals surface area contributed by atoms with Crippen LogP contribution in [0.2, 0.25) is 5.02 Å². The number of ketones is 1. The minimum atomic E-state index is -4.62. The zero-order valence-electron chi connectivity index (χ0n) is 17.4. The molecule has 1 heterocycles. The van der Waals surface area contributed by atoms with Gasteiger partial charge in [0.1, 0.15) is 5.75 Å². The molecule has 0 aliphatic heterocycles. The summed E-state index contributed by atoms with van der Waals surface area (Å²) in [5.74, 6) is 0.479. The van der Waals surface area contributed by atoms with Gasteiger partial charge in [-0.1, -0.05) is 66.2 Å². The molecular formula is C25H18ClF3N2O2. The van der Waals surface area contributed by atoms with E-state index in [1.54, 1.807) is 54.6 Å². The summed E-state index contributed by atoms with van der Waals surface area (Å²) in [5, 5.41) is 4.01. The lowest BCUT2D eigenvalue weighted by Crippen LogP contribution is -2.07. The van der Waals surface area contributed by atoms with Crippen molar-refractivity contribution in [3.8, 4) is 22.7 Å². The normalized spacial score (nSPS) is 11.4. The number of para-hydroxylation sites is 2. The number of benzene rings is 3. The lowest BCUT2D eigenvalue weighted by molar-refractivity contribution is -0.141. The summed E-state index contributed by atoms with van der Waals surface area (Å²) >= 11 is 6.21. The highest BCUT2D eigenvalue weighted by atomic mass is 35.5. The minimum Gasteiger partial charge on any atom is -0.496 e. The summed E-state index contributed by atoms with van der Waals surface area (Å²) in [7, 11) is 1.54. The first kappa shape index (κ1) is 22.6. The van der Waals surface area contributed by atoms with Crippen molar-refractivity contribution in [1.82, 2.24) is 9.78 Å². The fourth-order valence-corrected chi connectivity index (χ4v) is 3.70. The molecule has 0 unspecified atom stereocenters. The van der Waals surface area contributed by atoms with Crippen LogP contribution in [0.25, 0.3) is 16.9 Å². The van der Waals surface area contributed by atoms with Gasteiger partial charge in [-0.25, -0.2) is 4.68 Å². The number of hydrogen-bond donors (Lipinski definition) is 0. The van der Waals surface area contributed by atoms with E-state index < -0.39 is 11.9 Å². The average molecular weight is 471 g/mol. The predicted molar refractivity (Wildman–Crippen MR) is 120 cm³/mol. The van der Waals surface area contributed by atoms with Crippen molar-refractivity contribution >= 4 is 17.4 Å². The van der Waals surface area contributed by atoms with E-state index in [0.29, 0.717) is 22.6 Å². The Labute approximate surface area is 193 Å². The van der Waals surface area contributed by atoms with Gasteiger partial charge in [-0.15, -0.1) is 0 Å². The van der Waals surface area contributed by atoms with Crippen molar-refractivity contribution in [3.05, 3.63) is 101 Å². The maximum atomic E-state index is 13.4. The largest absolute Gasteiger partial charge is 0.496 e. The van der Waals surface area contributed by atoms with Crippen LogP contribution in [-0.2, 0) is 12.6 Å². The van der Waals surface area contributed by atoms with Gasteiger partial charge in [-0.2, -0.15) is 18.3 Å². The quantitative estimate of drug-likeness (QED) is 0.296. The van der Waals surface area contributed by atoms with Gasteiger partial charge < -0.3 is 4.74 Å². The molecule has 33 heavy (non-hydrogen) atoms. The number of rotatable bonds is 6. The second-order valence-electron chi connectivity index (χ2n) is 7.26. The Kier molecular flexibility index (Phi) is 6.24. The molecule has 0 radical (unpaired) electrons. The molecule has 0 saturated heterocycles. The molecule has 0 aliphatic rings. The summed E-state index contributed by atoms with van der Waals surface area (Å²) in [6.07, 6.45) is -4.48. The molecule has 0 amide bonds. The fraction of sp³-hybridized carbons (Fsp3) is 0.120. The van der Waals surface area contributed by atoms with E-state index in [-0.39, 0.29) is 22.9 Å². The maximum Gasteiger partial charge on any atom is 0.435 e. The van der Waals surface area contributed by atoms with E-state index in [1.165, 1.54) is 7.11 Å². The third-order valence-electron chi connectivity index (χ3n) is 5.13. The van der Waals surface area contributed by atoms with Crippen LogP contribution in [-0.4, -0.2) is 22.7 Å². The second kappa shape index (κ2) is 9.11. The number of nitrogens with zero attached hydrogens (tertiary/aromatic N) is 2. The predicted octanol–water partition coefficient (Wildman–Crippen LogP) is 6.65. The highest BCUT2D eigenvalue weighted by molar-refractivity contribution is 6.32. The average Bonchev–Trinajstić information content (AvgIpc) is 3.26. The SMILES string of the molecule is COc1ccccc1CC(=O)c1ccc(-c2cc(C(F)(F)F)nn2-c2ccccc2Cl)cc1. The van der Waals surface area contributed by atoms with Gasteiger partial charge in [0.2, 0.25) is 0 Å². The van der Waals surface area contributed by atoms with Gasteiger partial charge in [0.25, 0.3) is 0 Å². The van der Waals surface area contributed by atoms with Crippen LogP contribution in [0.1, 0.15) is 21.6 Å². The van der Waals surface area contributed by atoms with Crippen molar-refractivity contribution in [1.29, 1.82) is 0 Å². The monoisotopic (exact) mass is 470 g/mol. The molecule has 168 valence electrons. The van der Waals surface area contributed by atoms with Crippen LogP contribution in [0.15, 0.2) is 78.9 Å². The Morgan fingerprint density at radius 1 is 1.00 bits per heavy atom. The van der Waals surface area contributed by atoms with E-state index in [9.17, 15) is 18.0 Å². The number of carbonyl (C=O) groups is 1. The number of ether oxygens (including phenoxy) is 1. The third-order valence-corrected chi connectivity index (χ3v) is 5.45. The van der Waals surface area contributed by atoms with E-state index in [1.807, 2.05) is 18.2 Å². The first-order chi connectivity index (χ1) is 15.8. The van der Waals surface area contributed by atoms with E-state index >= 15 is 0 Å². The molecule has 4 rings (SSSR count). The molecule has 4 nitrogen and oxygen atoms in total. The summed E-state index contributed by atoms with van der Waals surface area (Å²) in [6, 6.07) is 21.1. The summed E-state index contributed by atoms with van der Waals surface area (Å²) in [6.45, 7) is 0. The lowest BCUT2D eigenvalue weighted by Gasteiger charge is -2.10. The van der Waals surface area contributed by atoms with E-state index in [2.05, 4.69) is 5.10 Å². The molecule has 0 aliphatic carbocycles. The minimum absolute atomic E-state index is 0.137. The van der Waals surface area contributed by atoms with Crippen molar-refractivity contribution in [2.75, 3.05) is 7.11 Å². The highest BCUT2D eigenvalue weighted by Crippen LogP contribution is 2.34. The topological polar surface area (TPSA) is 44.1 Å². The summed E-state index contributed by atoms with van der Waals surface area (Å²) < 4.78 is 46.6. The maximum absolute atomic E-state index is 13.4. The standard InChI is InChI=1S/C25H18ClF3N2O2/c1-33-23-9-5-2-6-18(23)14-22(32)17-12-10-16(11-13-17)21-15-24(25(27,28)29)30-31(21)20-8-4-3-7-19(20)26/h2-13,15H,14H2,1H3. The molecule has 0 N–H and O–H groups in total. The second-order valence-corrected chi connectivity index (χ2v) is 7.67. The van der Waals surface area contributed by atoms with Crippen LogP contribution in [0.5, 0.6) is 5.75 Å². The van der Waals surface area contributed by atoms with Gasteiger partial charge in [0.05, 0.1) is 23.5 Å². The van der Waals surface area contributed by atoms with Crippen LogP contribution < -0.4 is 4.74 Å². The van der Waals surface area contributed by atoms with Gasteiger partial charge in [-0.05, 0) is 24.3 Å². The fourth-order valence-electron chi connectivity index (χ4n) is 3.48. The van der Waals surface area contributed by atoms with Crippen LogP contribution in [0, 0.1) is 0 Å². The first-order valence-corrected chi connectivity index (χ1v) is 10.3. The molecule has 0 fully saturated rings. The Morgan fingerprint density at radius 2 is 1.67 bits per heavy atom. The Morgan fingerprint density at radius 3 is 2.33 bits per heavy atom. The molecule has 0 saturated carbocycles. The molecular weight excluding hydrogens is 453 g/mol. The van der Waals surface area contributed by atoms with Gasteiger partial charge >= 0.3 is 6.18 Å². The Balaban J connectivity index is 1.68. The molecule has 0 spiro atoms. The summed E-state index contributed by atoms with van der Waals surface area (Å²) in [4.78, 5) is 12.8. The highest BCUT2D eigenvalue weighted by Gasteiger charge is 2.35. The number of aromatic nitrogens is 2. The van der Waals surface area contributed by atoms with E-state index in [4.69, 9.17) is 16.3 Å². The summed E-state index contributed by atoms with van der Waals surface area (Å²) in [5.41, 5.74) is 1.14. The molecule has 3 aromatic carbocycles. The third kappa shape index (κ3) is 4.78. The molecule has 4 aromatic rings. The van der Waals surface area contributed by atoms with Crippen molar-refractivity contribution < 1.29 is 22.7 Å².